The topological polar surface area (TPSA) is 104 Å². The van der Waals surface area contributed by atoms with Gasteiger partial charge in [-0.1, -0.05) is 24.6 Å². The first-order valence-electron chi connectivity index (χ1n) is 8.66. The van der Waals surface area contributed by atoms with Gasteiger partial charge in [0.05, 0.1) is 5.56 Å². The fraction of sp³-hybridized carbons (Fsp3) is 0.588. The highest BCUT2D eigenvalue weighted by Crippen LogP contribution is 2.59. The number of hydrogen-bond donors (Lipinski definition) is 3. The van der Waals surface area contributed by atoms with Gasteiger partial charge in [0, 0.05) is 25.8 Å². The molecule has 1 fully saturated rings. The first kappa shape index (κ1) is 21.9. The van der Waals surface area contributed by atoms with Crippen LogP contribution in [0.3, 0.4) is 0 Å². The molecule has 1 aliphatic rings. The fourth-order valence-corrected chi connectivity index (χ4v) is 5.71. The second kappa shape index (κ2) is 8.31. The van der Waals surface area contributed by atoms with Gasteiger partial charge in [-0.3, -0.25) is 14.3 Å². The van der Waals surface area contributed by atoms with E-state index in [0.717, 1.165) is 6.07 Å². The Morgan fingerprint density at radius 2 is 1.96 bits per heavy atom. The molecule has 10 heteroatoms. The molecule has 0 saturated carbocycles. The van der Waals surface area contributed by atoms with Gasteiger partial charge in [-0.05, 0) is 31.0 Å². The maximum atomic E-state index is 13.2. The van der Waals surface area contributed by atoms with E-state index in [2.05, 4.69) is 0 Å². The van der Waals surface area contributed by atoms with E-state index in [1.54, 1.807) is 0 Å². The molecule has 0 radical (unpaired) electrons. The van der Waals surface area contributed by atoms with E-state index in [1.807, 2.05) is 0 Å². The number of carboxylic acids is 1. The maximum Gasteiger partial charge on any atom is 0.416 e. The number of alkyl halides is 3. The first-order valence-corrected chi connectivity index (χ1v) is 10.5. The summed E-state index contributed by atoms with van der Waals surface area (Å²) in [7, 11) is -4.01. The van der Waals surface area contributed by atoms with Crippen molar-refractivity contribution in [2.45, 2.75) is 37.1 Å². The van der Waals surface area contributed by atoms with Crippen LogP contribution in [0.15, 0.2) is 24.3 Å². The van der Waals surface area contributed by atoms with Crippen molar-refractivity contribution >= 4 is 13.3 Å². The molecule has 1 saturated heterocycles. The zero-order valence-corrected chi connectivity index (χ0v) is 15.7. The minimum Gasteiger partial charge on any atom is -0.480 e. The summed E-state index contributed by atoms with van der Waals surface area (Å²) in [5.41, 5.74) is 4.65. The van der Waals surface area contributed by atoms with Crippen molar-refractivity contribution in [2.24, 2.45) is 5.73 Å². The maximum absolute atomic E-state index is 13.2. The largest absolute Gasteiger partial charge is 0.480 e. The third-order valence-electron chi connectivity index (χ3n) is 5.03. The number of halogens is 3. The minimum absolute atomic E-state index is 0.0147. The third-order valence-corrected chi connectivity index (χ3v) is 7.73. The number of nitrogens with two attached hydrogens (primary N) is 1. The van der Waals surface area contributed by atoms with Crippen LogP contribution >= 0.6 is 7.37 Å². The minimum atomic E-state index is -4.52. The zero-order valence-electron chi connectivity index (χ0n) is 14.8. The van der Waals surface area contributed by atoms with Gasteiger partial charge < -0.3 is 15.7 Å². The van der Waals surface area contributed by atoms with Gasteiger partial charge in [0.25, 0.3) is 0 Å². The molecule has 2 rings (SSSR count). The van der Waals surface area contributed by atoms with E-state index >= 15 is 0 Å². The first-order chi connectivity index (χ1) is 12.5. The third kappa shape index (κ3) is 4.71. The Morgan fingerprint density at radius 3 is 2.56 bits per heavy atom. The molecule has 0 bridgehead atoms. The molecule has 27 heavy (non-hydrogen) atoms. The SMILES string of the molecule is NCCCC[C@@]1(C(=O)O)CN(Cc2ccccc2C(F)(F)F)CCP1(=O)O. The van der Waals surface area contributed by atoms with Crippen molar-refractivity contribution in [3.63, 3.8) is 0 Å². The van der Waals surface area contributed by atoms with E-state index in [4.69, 9.17) is 5.73 Å². The van der Waals surface area contributed by atoms with E-state index in [9.17, 15) is 32.5 Å². The van der Waals surface area contributed by atoms with Gasteiger partial charge in [0.15, 0.2) is 5.16 Å². The summed E-state index contributed by atoms with van der Waals surface area (Å²) >= 11 is 0. The average molecular weight is 408 g/mol. The standard InChI is InChI=1S/C17H24F3N2O4P/c18-17(19,20)14-6-2-1-5-13(14)11-22-9-10-27(25,26)16(12-22,15(23)24)7-3-4-8-21/h1-2,5-6H,3-4,7-12,21H2,(H,23,24)(H,25,26)/t16-/m0/s1. The number of nitrogens with zero attached hydrogens (tertiary/aromatic N) is 1. The zero-order chi connectivity index (χ0) is 20.3. The van der Waals surface area contributed by atoms with E-state index in [1.165, 1.54) is 23.1 Å². The van der Waals surface area contributed by atoms with Gasteiger partial charge in [0.2, 0.25) is 7.37 Å². The molecule has 1 aromatic carbocycles. The van der Waals surface area contributed by atoms with Gasteiger partial charge in [0.1, 0.15) is 0 Å². The lowest BCUT2D eigenvalue weighted by Gasteiger charge is -2.43. The molecule has 1 aliphatic heterocycles. The number of unbranched alkanes of at least 4 members (excludes halogenated alkanes) is 1. The summed E-state index contributed by atoms with van der Waals surface area (Å²) in [6.07, 6.45) is -3.96. The van der Waals surface area contributed by atoms with Crippen molar-refractivity contribution in [1.29, 1.82) is 0 Å². The number of benzene rings is 1. The number of carbonyl (C=O) groups is 1. The van der Waals surface area contributed by atoms with Crippen LogP contribution in [0.1, 0.15) is 30.4 Å². The van der Waals surface area contributed by atoms with Crippen LogP contribution in [0.5, 0.6) is 0 Å². The second-order valence-electron chi connectivity index (χ2n) is 6.87. The molecule has 1 heterocycles. The van der Waals surface area contributed by atoms with Crippen LogP contribution in [0, 0.1) is 0 Å². The lowest BCUT2D eigenvalue weighted by atomic mass is 9.98. The Labute approximate surface area is 155 Å². The summed E-state index contributed by atoms with van der Waals surface area (Å²) < 4.78 is 52.3. The molecule has 0 spiro atoms. The molecule has 2 atom stereocenters. The molecule has 1 aromatic rings. The smallest absolute Gasteiger partial charge is 0.416 e. The number of rotatable bonds is 7. The van der Waals surface area contributed by atoms with Crippen LogP contribution in [0.25, 0.3) is 0 Å². The molecule has 4 N–H and O–H groups in total. The molecule has 0 amide bonds. The van der Waals surface area contributed by atoms with Gasteiger partial charge in [-0.2, -0.15) is 13.2 Å². The van der Waals surface area contributed by atoms with Crippen molar-refractivity contribution in [3.8, 4) is 0 Å². The highest BCUT2D eigenvalue weighted by Gasteiger charge is 2.56. The summed E-state index contributed by atoms with van der Waals surface area (Å²) in [5.74, 6) is -1.39. The van der Waals surface area contributed by atoms with Crippen LogP contribution in [0.4, 0.5) is 13.2 Å². The predicted molar refractivity (Wildman–Crippen MR) is 94.7 cm³/mol. The summed E-state index contributed by atoms with van der Waals surface area (Å²) in [5, 5.41) is 7.84. The Balaban J connectivity index is 2.29. The second-order valence-corrected chi connectivity index (χ2v) is 9.58. The van der Waals surface area contributed by atoms with E-state index in [-0.39, 0.29) is 37.8 Å². The molecule has 0 aromatic heterocycles. The molecule has 152 valence electrons. The van der Waals surface area contributed by atoms with Gasteiger partial charge in [-0.15, -0.1) is 0 Å². The van der Waals surface area contributed by atoms with E-state index < -0.39 is 30.2 Å². The Hall–Kier alpha value is -1.41. The molecular formula is C17H24F3N2O4P. The fourth-order valence-electron chi connectivity index (χ4n) is 3.50. The van der Waals surface area contributed by atoms with Crippen molar-refractivity contribution in [2.75, 3.05) is 25.8 Å². The Morgan fingerprint density at radius 1 is 1.30 bits per heavy atom. The highest BCUT2D eigenvalue weighted by molar-refractivity contribution is 7.61. The van der Waals surface area contributed by atoms with Crippen molar-refractivity contribution in [1.82, 2.24) is 4.90 Å². The molecular weight excluding hydrogens is 384 g/mol. The van der Waals surface area contributed by atoms with Gasteiger partial charge >= 0.3 is 12.1 Å². The summed E-state index contributed by atoms with van der Waals surface area (Å²) in [6, 6.07) is 5.09. The van der Waals surface area contributed by atoms with Crippen LogP contribution in [-0.2, 0) is 22.1 Å². The molecule has 0 aliphatic carbocycles. The monoisotopic (exact) mass is 408 g/mol. The van der Waals surface area contributed by atoms with Crippen molar-refractivity contribution < 1.29 is 32.5 Å². The quantitative estimate of drug-likeness (QED) is 0.474. The highest BCUT2D eigenvalue weighted by atomic mass is 31.2. The average Bonchev–Trinajstić information content (AvgIpc) is 2.57. The van der Waals surface area contributed by atoms with Crippen molar-refractivity contribution in [3.05, 3.63) is 35.4 Å². The molecule has 1 unspecified atom stereocenters. The number of hydrogen-bond acceptors (Lipinski definition) is 4. The van der Waals surface area contributed by atoms with E-state index in [0.29, 0.717) is 19.4 Å². The van der Waals surface area contributed by atoms with Gasteiger partial charge in [-0.25, -0.2) is 0 Å². The summed E-state index contributed by atoms with van der Waals surface area (Å²) in [4.78, 5) is 23.8. The summed E-state index contributed by atoms with van der Waals surface area (Å²) in [6.45, 7) is -0.0194. The predicted octanol–water partition coefficient (Wildman–Crippen LogP) is 2.74. The lowest BCUT2D eigenvalue weighted by molar-refractivity contribution is -0.142. The van der Waals surface area contributed by atoms with Crippen LogP contribution in [0.2, 0.25) is 0 Å². The van der Waals surface area contributed by atoms with Crippen LogP contribution < -0.4 is 5.73 Å². The number of carboxylic acid groups (broad SMARTS) is 1. The van der Waals surface area contributed by atoms with Crippen LogP contribution in [-0.4, -0.2) is 51.8 Å². The lowest BCUT2D eigenvalue weighted by Crippen LogP contribution is -2.54. The normalized spacial score (nSPS) is 26.9. The number of aliphatic carboxylic acids is 1. The Kier molecular flexibility index (Phi) is 6.73. The molecule has 6 nitrogen and oxygen atoms in total. The Bertz CT molecular complexity index is 728.